The smallest absolute Gasteiger partial charge is 0.318 e. The summed E-state index contributed by atoms with van der Waals surface area (Å²) in [5, 5.41) is 0. The van der Waals surface area contributed by atoms with Crippen LogP contribution >= 0.6 is 0 Å². The van der Waals surface area contributed by atoms with E-state index >= 15 is 0 Å². The number of urea groups is 1. The van der Waals surface area contributed by atoms with Crippen molar-refractivity contribution >= 4 is 32.2 Å². The number of carbonyl (C=O) groups is 1. The van der Waals surface area contributed by atoms with Gasteiger partial charge in [-0.15, -0.1) is 0 Å². The lowest BCUT2D eigenvalue weighted by atomic mass is 10.4. The maximum Gasteiger partial charge on any atom is 0.318 e. The molecule has 0 aliphatic rings. The average molecular weight is 349 g/mol. The number of hydrogen-bond acceptors (Lipinski definition) is 3. The molecule has 2 amide bonds. The number of carbonyl (C=O) groups excluding carboxylic acids is 1. The molecule has 0 atom stereocenters. The topological polar surface area (TPSA) is 64.8 Å². The van der Waals surface area contributed by atoms with Gasteiger partial charge in [-0.2, -0.15) is 0 Å². The second kappa shape index (κ2) is 8.89. The van der Waals surface area contributed by atoms with Gasteiger partial charge >= 0.3 is 6.03 Å². The molecule has 0 unspecified atom stereocenters. The largest absolute Gasteiger partial charge is 0.398 e. The highest BCUT2D eigenvalue weighted by Crippen LogP contribution is 2.15. The van der Waals surface area contributed by atoms with Crippen LogP contribution in [0.4, 0.5) is 4.79 Å². The monoisotopic (exact) mass is 348 g/mol. The Labute approximate surface area is 134 Å². The highest BCUT2D eigenvalue weighted by Gasteiger charge is 2.26. The summed E-state index contributed by atoms with van der Waals surface area (Å²) in [5.74, 6) is 0.00842. The van der Waals surface area contributed by atoms with Crippen molar-refractivity contribution in [1.82, 2.24) is 4.90 Å². The molecule has 0 saturated carbocycles. The molecule has 0 aliphatic heterocycles. The standard InChI is InChI=1S/C13H32N2O3Si3/c1-8-15(12(14)16)10-9-11-19-13(17-20(2,3)4)18-21(5,6)7/h8,13H,1,9-11,19H2,2-7H3,(H2,14,16). The third-order valence-corrected chi connectivity index (χ3v) is 6.88. The normalized spacial score (nSPS) is 13.1. The lowest BCUT2D eigenvalue weighted by molar-refractivity contribution is 0.0604. The Balaban J connectivity index is 4.29. The molecule has 0 aromatic rings. The van der Waals surface area contributed by atoms with Crippen molar-refractivity contribution in [3.8, 4) is 0 Å². The SMILES string of the molecule is C=CN(CCC[SiH2]C(O[Si](C)(C)C)O[Si](C)(C)C)C(N)=O. The van der Waals surface area contributed by atoms with Crippen molar-refractivity contribution < 1.29 is 13.6 Å². The molecule has 5 nitrogen and oxygen atoms in total. The fraction of sp³-hybridized carbons (Fsp3) is 0.769. The van der Waals surface area contributed by atoms with Gasteiger partial charge in [-0.1, -0.05) is 12.6 Å². The maximum atomic E-state index is 11.1. The van der Waals surface area contributed by atoms with Crippen LogP contribution in [0.25, 0.3) is 0 Å². The Hall–Kier alpha value is -0.419. The minimum absolute atomic E-state index is 0.00842. The van der Waals surface area contributed by atoms with Gasteiger partial charge in [-0.05, 0) is 45.7 Å². The first-order valence-electron chi connectivity index (χ1n) is 7.49. The van der Waals surface area contributed by atoms with Crippen LogP contribution in [0.15, 0.2) is 12.8 Å². The first kappa shape index (κ1) is 20.6. The van der Waals surface area contributed by atoms with Gasteiger partial charge in [0.1, 0.15) is 5.91 Å². The van der Waals surface area contributed by atoms with Crippen molar-refractivity contribution in [1.29, 1.82) is 0 Å². The number of primary amides is 1. The number of hydrogen-bond donors (Lipinski definition) is 1. The van der Waals surface area contributed by atoms with Crippen LogP contribution in [0.3, 0.4) is 0 Å². The molecule has 0 aromatic carbocycles. The molecule has 124 valence electrons. The Morgan fingerprint density at radius 2 is 1.71 bits per heavy atom. The molecular formula is C13H32N2O3Si3. The van der Waals surface area contributed by atoms with E-state index in [1.54, 1.807) is 0 Å². The average Bonchev–Trinajstić information content (AvgIpc) is 2.23. The number of nitrogens with zero attached hydrogens (tertiary/aromatic N) is 1. The zero-order valence-electron chi connectivity index (χ0n) is 14.4. The van der Waals surface area contributed by atoms with Crippen molar-refractivity contribution in [2.24, 2.45) is 5.73 Å². The molecular weight excluding hydrogens is 316 g/mol. The molecule has 0 fully saturated rings. The first-order valence-corrected chi connectivity index (χ1v) is 16.1. The van der Waals surface area contributed by atoms with E-state index in [0.29, 0.717) is 6.54 Å². The zero-order chi connectivity index (χ0) is 16.7. The predicted octanol–water partition coefficient (Wildman–Crippen LogP) is 2.47. The summed E-state index contributed by atoms with van der Waals surface area (Å²) in [5.41, 5.74) is 5.24. The summed E-state index contributed by atoms with van der Waals surface area (Å²) >= 11 is 0. The van der Waals surface area contributed by atoms with Crippen LogP contribution < -0.4 is 5.73 Å². The molecule has 0 bridgehead atoms. The number of rotatable bonds is 10. The van der Waals surface area contributed by atoms with Crippen LogP contribution in [0.5, 0.6) is 0 Å². The molecule has 0 radical (unpaired) electrons. The van der Waals surface area contributed by atoms with E-state index in [2.05, 4.69) is 45.9 Å². The Morgan fingerprint density at radius 1 is 1.24 bits per heavy atom. The van der Waals surface area contributed by atoms with Crippen molar-refractivity contribution in [2.75, 3.05) is 6.54 Å². The van der Waals surface area contributed by atoms with Crippen LogP contribution in [-0.4, -0.2) is 49.5 Å². The van der Waals surface area contributed by atoms with Gasteiger partial charge in [0.25, 0.3) is 0 Å². The van der Waals surface area contributed by atoms with Crippen molar-refractivity contribution in [2.45, 2.75) is 57.7 Å². The van der Waals surface area contributed by atoms with E-state index in [9.17, 15) is 4.79 Å². The Morgan fingerprint density at radius 3 is 2.05 bits per heavy atom. The molecule has 0 rings (SSSR count). The first-order chi connectivity index (χ1) is 9.44. The second-order valence-corrected chi connectivity index (χ2v) is 18.0. The fourth-order valence-corrected chi connectivity index (χ4v) is 8.37. The van der Waals surface area contributed by atoms with E-state index in [1.807, 2.05) is 0 Å². The molecule has 8 heteroatoms. The molecule has 0 heterocycles. The Bertz CT molecular complexity index is 325. The fourth-order valence-electron chi connectivity index (χ4n) is 1.82. The minimum Gasteiger partial charge on any atom is -0.398 e. The van der Waals surface area contributed by atoms with Gasteiger partial charge in [0.05, 0.1) is 9.52 Å². The summed E-state index contributed by atoms with van der Waals surface area (Å²) < 4.78 is 12.4. The summed E-state index contributed by atoms with van der Waals surface area (Å²) in [6.07, 6.45) is 2.40. The summed E-state index contributed by atoms with van der Waals surface area (Å²) in [6.45, 7) is 17.3. The van der Waals surface area contributed by atoms with E-state index in [1.165, 1.54) is 11.1 Å². The Kier molecular flexibility index (Phi) is 8.71. The van der Waals surface area contributed by atoms with Gasteiger partial charge in [-0.3, -0.25) is 0 Å². The van der Waals surface area contributed by atoms with Crippen LogP contribution in [0.1, 0.15) is 6.42 Å². The predicted molar refractivity (Wildman–Crippen MR) is 97.1 cm³/mol. The molecule has 0 aliphatic carbocycles. The summed E-state index contributed by atoms with van der Waals surface area (Å²) in [7, 11) is -3.69. The third kappa shape index (κ3) is 11.9. The summed E-state index contributed by atoms with van der Waals surface area (Å²) in [6, 6.07) is 0.622. The molecule has 0 aromatic heterocycles. The van der Waals surface area contributed by atoms with Gasteiger partial charge in [0, 0.05) is 12.7 Å². The highest BCUT2D eigenvalue weighted by atomic mass is 28.4. The van der Waals surface area contributed by atoms with Gasteiger partial charge in [-0.25, -0.2) is 4.79 Å². The number of amides is 2. The number of nitrogens with two attached hydrogens (primary N) is 1. The molecule has 21 heavy (non-hydrogen) atoms. The second-order valence-electron chi connectivity index (χ2n) is 7.10. The van der Waals surface area contributed by atoms with Crippen LogP contribution in [0, 0.1) is 0 Å². The lowest BCUT2D eigenvalue weighted by Crippen LogP contribution is -2.43. The maximum absolute atomic E-state index is 11.1. The van der Waals surface area contributed by atoms with Crippen molar-refractivity contribution in [3.63, 3.8) is 0 Å². The van der Waals surface area contributed by atoms with Crippen LogP contribution in [0.2, 0.25) is 45.3 Å². The van der Waals surface area contributed by atoms with Crippen molar-refractivity contribution in [3.05, 3.63) is 12.8 Å². The molecule has 0 saturated heterocycles. The third-order valence-electron chi connectivity index (χ3n) is 2.56. The van der Waals surface area contributed by atoms with Gasteiger partial charge in [0.15, 0.2) is 16.6 Å². The van der Waals surface area contributed by atoms with E-state index in [4.69, 9.17) is 14.6 Å². The minimum atomic E-state index is -1.60. The highest BCUT2D eigenvalue weighted by molar-refractivity contribution is 6.71. The van der Waals surface area contributed by atoms with E-state index < -0.39 is 32.2 Å². The molecule has 0 spiro atoms. The lowest BCUT2D eigenvalue weighted by Gasteiger charge is -2.31. The molecule has 2 N–H and O–H groups in total. The van der Waals surface area contributed by atoms with Crippen LogP contribution in [-0.2, 0) is 8.85 Å². The van der Waals surface area contributed by atoms with Gasteiger partial charge in [0.2, 0.25) is 0 Å². The quantitative estimate of drug-likeness (QED) is 0.375. The zero-order valence-corrected chi connectivity index (χ0v) is 17.9. The van der Waals surface area contributed by atoms with Gasteiger partial charge < -0.3 is 19.5 Å². The van der Waals surface area contributed by atoms with E-state index in [-0.39, 0.29) is 5.91 Å². The summed E-state index contributed by atoms with van der Waals surface area (Å²) in [4.78, 5) is 12.5. The van der Waals surface area contributed by atoms with E-state index in [0.717, 1.165) is 12.5 Å².